The number of nitro benzene ring substituents is 2. The van der Waals surface area contributed by atoms with Crippen LogP contribution in [0, 0.1) is 20.2 Å². The Balaban J connectivity index is 2.01. The van der Waals surface area contributed by atoms with E-state index >= 15 is 0 Å². The maximum Gasteiger partial charge on any atom is 0.338 e. The summed E-state index contributed by atoms with van der Waals surface area (Å²) in [6, 6.07) is 8.70. The van der Waals surface area contributed by atoms with Gasteiger partial charge in [-0.05, 0) is 31.4 Å². The summed E-state index contributed by atoms with van der Waals surface area (Å²) in [5.74, 6) is -2.77. The van der Waals surface area contributed by atoms with Gasteiger partial charge in [-0.2, -0.15) is 0 Å². The Morgan fingerprint density at radius 2 is 1.70 bits per heavy atom. The molecule has 33 heavy (non-hydrogen) atoms. The van der Waals surface area contributed by atoms with E-state index in [0.717, 1.165) is 6.07 Å². The Morgan fingerprint density at radius 3 is 2.24 bits per heavy atom. The fourth-order valence-electron chi connectivity index (χ4n) is 3.02. The molecule has 174 valence electrons. The molecule has 0 aliphatic carbocycles. The van der Waals surface area contributed by atoms with Gasteiger partial charge in [0.05, 0.1) is 21.5 Å². The maximum absolute atomic E-state index is 12.2. The Labute approximate surface area is 186 Å². The summed E-state index contributed by atoms with van der Waals surface area (Å²) < 4.78 is 0. The SMILES string of the molecule is NC(=O)C(CCCCNc1c(C(=O)O)cc([N+](=O)[O-])cc1[N+](=O)[O-])NC(=O)c1ccccc1. The quantitative estimate of drug-likeness (QED) is 0.208. The summed E-state index contributed by atoms with van der Waals surface area (Å²) in [6.45, 7) is 0.0665. The molecule has 0 radical (unpaired) electrons. The summed E-state index contributed by atoms with van der Waals surface area (Å²) in [5, 5.41) is 36.7. The lowest BCUT2D eigenvalue weighted by molar-refractivity contribution is -0.393. The number of carboxylic acids is 1. The van der Waals surface area contributed by atoms with Gasteiger partial charge in [-0.1, -0.05) is 18.2 Å². The fraction of sp³-hybridized carbons (Fsp3) is 0.250. The average molecular weight is 459 g/mol. The van der Waals surface area contributed by atoms with Gasteiger partial charge in [-0.3, -0.25) is 29.8 Å². The molecule has 0 aliphatic rings. The molecule has 0 aliphatic heterocycles. The van der Waals surface area contributed by atoms with Crippen LogP contribution in [0.4, 0.5) is 17.1 Å². The summed E-state index contributed by atoms with van der Waals surface area (Å²) in [4.78, 5) is 55.8. The van der Waals surface area contributed by atoms with Gasteiger partial charge >= 0.3 is 5.97 Å². The lowest BCUT2D eigenvalue weighted by atomic mass is 10.1. The van der Waals surface area contributed by atoms with Crippen molar-refractivity contribution in [3.05, 3.63) is 73.8 Å². The third-order valence-electron chi connectivity index (χ3n) is 4.65. The van der Waals surface area contributed by atoms with Crippen molar-refractivity contribution in [2.75, 3.05) is 11.9 Å². The summed E-state index contributed by atoms with van der Waals surface area (Å²) in [7, 11) is 0. The maximum atomic E-state index is 12.2. The highest BCUT2D eigenvalue weighted by molar-refractivity contribution is 5.98. The second kappa shape index (κ2) is 11.2. The summed E-state index contributed by atoms with van der Waals surface area (Å²) in [5.41, 5.74) is 3.28. The van der Waals surface area contributed by atoms with E-state index in [1.807, 2.05) is 0 Å². The molecule has 0 aromatic heterocycles. The number of nitrogens with zero attached hydrogens (tertiary/aromatic N) is 2. The molecule has 1 unspecified atom stereocenters. The summed E-state index contributed by atoms with van der Waals surface area (Å²) in [6.07, 6.45) is 0.876. The van der Waals surface area contributed by atoms with Crippen LogP contribution in [0.15, 0.2) is 42.5 Å². The van der Waals surface area contributed by atoms with Crippen molar-refractivity contribution in [1.29, 1.82) is 0 Å². The predicted octanol–water partition coefficient (Wildman–Crippen LogP) is 2.07. The average Bonchev–Trinajstić information content (AvgIpc) is 2.77. The topological polar surface area (TPSA) is 208 Å². The zero-order valence-electron chi connectivity index (χ0n) is 17.2. The van der Waals surface area contributed by atoms with Gasteiger partial charge in [0.25, 0.3) is 17.3 Å². The van der Waals surface area contributed by atoms with Crippen molar-refractivity contribution in [2.45, 2.75) is 25.3 Å². The third kappa shape index (κ3) is 6.72. The van der Waals surface area contributed by atoms with Gasteiger partial charge in [0.1, 0.15) is 11.7 Å². The van der Waals surface area contributed by atoms with Crippen LogP contribution in [0.1, 0.15) is 40.0 Å². The van der Waals surface area contributed by atoms with Crippen LogP contribution in [-0.4, -0.2) is 45.3 Å². The van der Waals surface area contributed by atoms with E-state index < -0.39 is 50.6 Å². The lowest BCUT2D eigenvalue weighted by Gasteiger charge is -2.16. The molecule has 13 heteroatoms. The number of unbranched alkanes of at least 4 members (excludes halogenated alkanes) is 1. The van der Waals surface area contributed by atoms with Crippen LogP contribution in [0.25, 0.3) is 0 Å². The molecule has 0 bridgehead atoms. The number of benzene rings is 2. The van der Waals surface area contributed by atoms with Gasteiger partial charge in [0.2, 0.25) is 5.91 Å². The molecular weight excluding hydrogens is 438 g/mol. The van der Waals surface area contributed by atoms with Gasteiger partial charge in [0.15, 0.2) is 0 Å². The highest BCUT2D eigenvalue weighted by Gasteiger charge is 2.27. The van der Waals surface area contributed by atoms with Gasteiger partial charge in [0, 0.05) is 18.2 Å². The van der Waals surface area contributed by atoms with Crippen LogP contribution < -0.4 is 16.4 Å². The minimum atomic E-state index is -1.57. The third-order valence-corrected chi connectivity index (χ3v) is 4.65. The first-order valence-corrected chi connectivity index (χ1v) is 9.71. The number of carboxylic acid groups (broad SMARTS) is 1. The molecule has 1 atom stereocenters. The Bertz CT molecular complexity index is 1040. The van der Waals surface area contributed by atoms with Crippen molar-refractivity contribution in [3.63, 3.8) is 0 Å². The number of nitrogens with two attached hydrogens (primary N) is 1. The minimum Gasteiger partial charge on any atom is -0.478 e. The summed E-state index contributed by atoms with van der Waals surface area (Å²) >= 11 is 0. The minimum absolute atomic E-state index is 0.0665. The second-order valence-electron chi connectivity index (χ2n) is 6.92. The van der Waals surface area contributed by atoms with E-state index in [-0.39, 0.29) is 18.7 Å². The number of carbonyl (C=O) groups is 3. The van der Waals surface area contributed by atoms with Crippen LogP contribution in [0.2, 0.25) is 0 Å². The van der Waals surface area contributed by atoms with Crippen LogP contribution in [-0.2, 0) is 4.79 Å². The molecular formula is C20H21N5O8. The number of amides is 2. The molecule has 2 aromatic rings. The molecule has 0 heterocycles. The molecule has 0 saturated heterocycles. The van der Waals surface area contributed by atoms with E-state index in [0.29, 0.717) is 24.5 Å². The van der Waals surface area contributed by atoms with Gasteiger partial charge < -0.3 is 21.5 Å². The number of primary amides is 1. The first-order chi connectivity index (χ1) is 15.6. The van der Waals surface area contributed by atoms with E-state index in [4.69, 9.17) is 5.73 Å². The molecule has 13 nitrogen and oxygen atoms in total. The lowest BCUT2D eigenvalue weighted by Crippen LogP contribution is -2.44. The van der Waals surface area contributed by atoms with E-state index in [9.17, 15) is 39.7 Å². The van der Waals surface area contributed by atoms with Crippen molar-refractivity contribution in [3.8, 4) is 0 Å². The number of carbonyl (C=O) groups excluding carboxylic acids is 2. The van der Waals surface area contributed by atoms with E-state index in [1.54, 1.807) is 30.3 Å². The standard InChI is InChI=1S/C20H21N5O8/c21-18(26)15(23-19(27)12-6-2-1-3-7-12)8-4-5-9-22-17-14(20(28)29)10-13(24(30)31)11-16(17)25(32)33/h1-3,6-7,10-11,15,22H,4-5,8-9H2,(H2,21,26)(H,23,27)(H,28,29). The molecule has 5 N–H and O–H groups in total. The highest BCUT2D eigenvalue weighted by Crippen LogP contribution is 2.33. The number of non-ortho nitro benzene ring substituents is 1. The largest absolute Gasteiger partial charge is 0.478 e. The molecule has 2 aromatic carbocycles. The van der Waals surface area contributed by atoms with Gasteiger partial charge in [-0.25, -0.2) is 4.79 Å². The monoisotopic (exact) mass is 459 g/mol. The fourth-order valence-corrected chi connectivity index (χ4v) is 3.02. The molecule has 0 spiro atoms. The highest BCUT2D eigenvalue weighted by atomic mass is 16.6. The molecule has 0 fully saturated rings. The predicted molar refractivity (Wildman–Crippen MR) is 116 cm³/mol. The zero-order chi connectivity index (χ0) is 24.5. The van der Waals surface area contributed by atoms with Crippen molar-refractivity contribution >= 4 is 34.8 Å². The Hall–Kier alpha value is -4.55. The number of nitro groups is 2. The van der Waals surface area contributed by atoms with Crippen molar-refractivity contribution in [2.24, 2.45) is 5.73 Å². The van der Waals surface area contributed by atoms with Crippen LogP contribution >= 0.6 is 0 Å². The molecule has 2 amide bonds. The van der Waals surface area contributed by atoms with Crippen molar-refractivity contribution < 1.29 is 29.3 Å². The first kappa shape index (κ1) is 24.7. The second-order valence-corrected chi connectivity index (χ2v) is 6.92. The molecule has 0 saturated carbocycles. The number of hydrogen-bond acceptors (Lipinski definition) is 8. The van der Waals surface area contributed by atoms with Gasteiger partial charge in [-0.15, -0.1) is 0 Å². The van der Waals surface area contributed by atoms with E-state index in [1.165, 1.54) is 0 Å². The van der Waals surface area contributed by atoms with Crippen LogP contribution in [0.3, 0.4) is 0 Å². The molecule has 2 rings (SSSR count). The number of anilines is 1. The number of nitrogens with one attached hydrogen (secondary N) is 2. The van der Waals surface area contributed by atoms with Crippen molar-refractivity contribution in [1.82, 2.24) is 5.32 Å². The van der Waals surface area contributed by atoms with Crippen LogP contribution in [0.5, 0.6) is 0 Å². The first-order valence-electron chi connectivity index (χ1n) is 9.71. The number of rotatable bonds is 12. The van der Waals surface area contributed by atoms with E-state index in [2.05, 4.69) is 10.6 Å². The number of aromatic carboxylic acids is 1. The Morgan fingerprint density at radius 1 is 1.03 bits per heavy atom. The Kier molecular flexibility index (Phi) is 8.37. The smallest absolute Gasteiger partial charge is 0.338 e. The number of hydrogen-bond donors (Lipinski definition) is 4. The normalized spacial score (nSPS) is 11.3. The zero-order valence-corrected chi connectivity index (χ0v) is 17.2.